The van der Waals surface area contributed by atoms with E-state index in [1.54, 1.807) is 6.92 Å². The lowest BCUT2D eigenvalue weighted by molar-refractivity contribution is -0.116. The van der Waals surface area contributed by atoms with E-state index in [1.165, 1.54) is 32.1 Å². The van der Waals surface area contributed by atoms with E-state index in [0.29, 0.717) is 12.0 Å². The van der Waals surface area contributed by atoms with Gasteiger partial charge in [-0.3, -0.25) is 9.59 Å². The second-order valence-corrected chi connectivity index (χ2v) is 7.52. The van der Waals surface area contributed by atoms with E-state index in [2.05, 4.69) is 4.90 Å². The summed E-state index contributed by atoms with van der Waals surface area (Å²) in [6.07, 6.45) is 8.29. The Kier molecular flexibility index (Phi) is 4.07. The summed E-state index contributed by atoms with van der Waals surface area (Å²) in [5.74, 6) is 0.976. The lowest BCUT2D eigenvalue weighted by atomic mass is 9.78. The van der Waals surface area contributed by atoms with Crippen LogP contribution in [0.15, 0.2) is 18.2 Å². The normalized spacial score (nSPS) is 26.0. The number of carbonyl (C=O) groups is 2. The van der Waals surface area contributed by atoms with Crippen LogP contribution in [0.3, 0.4) is 0 Å². The summed E-state index contributed by atoms with van der Waals surface area (Å²) in [5, 5.41) is 0. The Labute approximate surface area is 143 Å². The molecule has 0 aromatic heterocycles. The number of carbonyl (C=O) groups excluding carboxylic acids is 2. The number of piperidine rings is 1. The first-order valence-electron chi connectivity index (χ1n) is 9.37. The SMILES string of the molecule is CC(=O)N1CCc2cc(C(=O)N3CCCC4CCCCC43)ccc21. The topological polar surface area (TPSA) is 40.6 Å². The van der Waals surface area contributed by atoms with Gasteiger partial charge in [0.15, 0.2) is 0 Å². The molecule has 4 heteroatoms. The number of fused-ring (bicyclic) bond motifs is 2. The van der Waals surface area contributed by atoms with Gasteiger partial charge < -0.3 is 9.80 Å². The van der Waals surface area contributed by atoms with Crippen LogP contribution in [0.25, 0.3) is 0 Å². The molecule has 2 atom stereocenters. The van der Waals surface area contributed by atoms with E-state index in [0.717, 1.165) is 42.7 Å². The third-order valence-electron chi connectivity index (χ3n) is 6.11. The largest absolute Gasteiger partial charge is 0.335 e. The highest BCUT2D eigenvalue weighted by Crippen LogP contribution is 2.36. The number of rotatable bonds is 1. The Balaban J connectivity index is 1.57. The molecule has 0 bridgehead atoms. The first kappa shape index (κ1) is 15.7. The fourth-order valence-corrected chi connectivity index (χ4v) is 4.90. The zero-order valence-corrected chi connectivity index (χ0v) is 14.5. The molecular formula is C20H26N2O2. The van der Waals surface area contributed by atoms with Gasteiger partial charge in [-0.2, -0.15) is 0 Å². The molecule has 1 aliphatic carbocycles. The predicted molar refractivity (Wildman–Crippen MR) is 94.2 cm³/mol. The van der Waals surface area contributed by atoms with Gasteiger partial charge >= 0.3 is 0 Å². The van der Waals surface area contributed by atoms with Gasteiger partial charge in [-0.25, -0.2) is 0 Å². The van der Waals surface area contributed by atoms with Crippen molar-refractivity contribution < 1.29 is 9.59 Å². The van der Waals surface area contributed by atoms with Crippen LogP contribution in [0.4, 0.5) is 5.69 Å². The minimum atomic E-state index is 0.0777. The molecule has 128 valence electrons. The summed E-state index contributed by atoms with van der Waals surface area (Å²) < 4.78 is 0. The van der Waals surface area contributed by atoms with Crippen molar-refractivity contribution in [1.82, 2.24) is 4.90 Å². The second-order valence-electron chi connectivity index (χ2n) is 7.52. The number of hydrogen-bond donors (Lipinski definition) is 0. The van der Waals surface area contributed by atoms with Crippen molar-refractivity contribution in [3.8, 4) is 0 Å². The van der Waals surface area contributed by atoms with Crippen LogP contribution in [0.2, 0.25) is 0 Å². The van der Waals surface area contributed by atoms with E-state index in [1.807, 2.05) is 23.1 Å². The van der Waals surface area contributed by atoms with E-state index < -0.39 is 0 Å². The molecule has 2 unspecified atom stereocenters. The molecule has 1 aromatic carbocycles. The number of benzene rings is 1. The van der Waals surface area contributed by atoms with E-state index >= 15 is 0 Å². The van der Waals surface area contributed by atoms with Crippen molar-refractivity contribution in [3.63, 3.8) is 0 Å². The third kappa shape index (κ3) is 2.62. The molecule has 24 heavy (non-hydrogen) atoms. The molecule has 1 saturated heterocycles. The Hall–Kier alpha value is -1.84. The summed E-state index contributed by atoms with van der Waals surface area (Å²) in [4.78, 5) is 28.8. The predicted octanol–water partition coefficient (Wildman–Crippen LogP) is 3.39. The zero-order valence-electron chi connectivity index (χ0n) is 14.5. The van der Waals surface area contributed by atoms with Gasteiger partial charge in [0.05, 0.1) is 0 Å². The van der Waals surface area contributed by atoms with E-state index in [-0.39, 0.29) is 11.8 Å². The summed E-state index contributed by atoms with van der Waals surface area (Å²) >= 11 is 0. The molecule has 3 aliphatic rings. The van der Waals surface area contributed by atoms with Crippen LogP contribution in [0.5, 0.6) is 0 Å². The molecule has 2 fully saturated rings. The fourth-order valence-electron chi connectivity index (χ4n) is 4.90. The number of nitrogens with zero attached hydrogens (tertiary/aromatic N) is 2. The number of hydrogen-bond acceptors (Lipinski definition) is 2. The average Bonchev–Trinajstić information content (AvgIpc) is 3.04. The van der Waals surface area contributed by atoms with Gasteiger partial charge in [0.25, 0.3) is 5.91 Å². The Morgan fingerprint density at radius 1 is 1.04 bits per heavy atom. The number of amides is 2. The third-order valence-corrected chi connectivity index (χ3v) is 6.11. The van der Waals surface area contributed by atoms with Crippen LogP contribution in [-0.4, -0.2) is 35.8 Å². The van der Waals surface area contributed by atoms with Crippen molar-refractivity contribution in [1.29, 1.82) is 0 Å². The zero-order chi connectivity index (χ0) is 16.7. The Bertz CT molecular complexity index is 668. The lowest BCUT2D eigenvalue weighted by Crippen LogP contribution is -2.49. The van der Waals surface area contributed by atoms with Crippen LogP contribution in [0, 0.1) is 5.92 Å². The highest BCUT2D eigenvalue weighted by atomic mass is 16.2. The maximum Gasteiger partial charge on any atom is 0.254 e. The van der Waals surface area contributed by atoms with Crippen LogP contribution < -0.4 is 4.90 Å². The summed E-state index contributed by atoms with van der Waals surface area (Å²) in [6, 6.07) is 6.34. The van der Waals surface area contributed by atoms with Crippen molar-refractivity contribution in [2.45, 2.75) is 57.9 Å². The molecule has 0 radical (unpaired) electrons. The smallest absolute Gasteiger partial charge is 0.254 e. The van der Waals surface area contributed by atoms with Crippen LogP contribution in [-0.2, 0) is 11.2 Å². The molecule has 4 nitrogen and oxygen atoms in total. The van der Waals surface area contributed by atoms with Crippen molar-refractivity contribution in [2.24, 2.45) is 5.92 Å². The Morgan fingerprint density at radius 3 is 2.67 bits per heavy atom. The average molecular weight is 326 g/mol. The van der Waals surface area contributed by atoms with Crippen molar-refractivity contribution in [3.05, 3.63) is 29.3 Å². The summed E-state index contributed by atoms with van der Waals surface area (Å²) in [5.41, 5.74) is 2.91. The molecule has 2 heterocycles. The van der Waals surface area contributed by atoms with Gasteiger partial charge in [0.2, 0.25) is 5.91 Å². The Morgan fingerprint density at radius 2 is 1.83 bits per heavy atom. The van der Waals surface area contributed by atoms with Crippen LogP contribution in [0.1, 0.15) is 61.4 Å². The van der Waals surface area contributed by atoms with Crippen LogP contribution >= 0.6 is 0 Å². The molecule has 4 rings (SSSR count). The van der Waals surface area contributed by atoms with Crippen molar-refractivity contribution >= 4 is 17.5 Å². The second kappa shape index (κ2) is 6.23. The molecular weight excluding hydrogens is 300 g/mol. The minimum absolute atomic E-state index is 0.0777. The summed E-state index contributed by atoms with van der Waals surface area (Å²) in [6.45, 7) is 3.23. The van der Waals surface area contributed by atoms with Crippen molar-refractivity contribution in [2.75, 3.05) is 18.0 Å². The molecule has 0 N–H and O–H groups in total. The van der Waals surface area contributed by atoms with Gasteiger partial charge in [-0.1, -0.05) is 12.8 Å². The fraction of sp³-hybridized carbons (Fsp3) is 0.600. The van der Waals surface area contributed by atoms with Gasteiger partial charge in [0.1, 0.15) is 0 Å². The van der Waals surface area contributed by atoms with Gasteiger partial charge in [-0.15, -0.1) is 0 Å². The maximum atomic E-state index is 13.1. The first-order chi connectivity index (χ1) is 11.6. The standard InChI is InChI=1S/C20H26N2O2/c1-14(23)21-12-10-16-13-17(8-9-19(16)21)20(24)22-11-4-6-15-5-2-3-7-18(15)22/h8-9,13,15,18H,2-7,10-12H2,1H3. The summed E-state index contributed by atoms with van der Waals surface area (Å²) in [7, 11) is 0. The van der Waals surface area contributed by atoms with E-state index in [4.69, 9.17) is 0 Å². The molecule has 2 aliphatic heterocycles. The number of likely N-dealkylation sites (tertiary alicyclic amines) is 1. The highest BCUT2D eigenvalue weighted by molar-refractivity contribution is 5.98. The minimum Gasteiger partial charge on any atom is -0.335 e. The maximum absolute atomic E-state index is 13.1. The first-order valence-corrected chi connectivity index (χ1v) is 9.37. The molecule has 2 amide bonds. The number of anilines is 1. The van der Waals surface area contributed by atoms with Gasteiger partial charge in [0, 0.05) is 37.3 Å². The lowest BCUT2D eigenvalue weighted by Gasteiger charge is -2.44. The molecule has 1 saturated carbocycles. The van der Waals surface area contributed by atoms with E-state index in [9.17, 15) is 9.59 Å². The monoisotopic (exact) mass is 326 g/mol. The molecule has 0 spiro atoms. The highest BCUT2D eigenvalue weighted by Gasteiger charge is 2.36. The quantitative estimate of drug-likeness (QED) is 0.794. The molecule has 1 aromatic rings. The van der Waals surface area contributed by atoms with Gasteiger partial charge in [-0.05, 0) is 61.8 Å².